The molecule has 0 saturated heterocycles. The van der Waals surface area contributed by atoms with Crippen LogP contribution in [0.25, 0.3) is 0 Å². The van der Waals surface area contributed by atoms with Crippen molar-refractivity contribution in [2.24, 2.45) is 11.3 Å². The standard InChI is InChI=1S/C12H22/c1-7-10(2)8-9-11(3)12(4,5)6/h8-10H,3,7H2,1-2,4-6H3. The zero-order valence-corrected chi connectivity index (χ0v) is 9.15. The molecule has 0 aromatic rings. The molecule has 0 amide bonds. The van der Waals surface area contributed by atoms with Crippen molar-refractivity contribution in [1.82, 2.24) is 0 Å². The highest BCUT2D eigenvalue weighted by Gasteiger charge is 2.11. The van der Waals surface area contributed by atoms with Crippen molar-refractivity contribution in [3.8, 4) is 0 Å². The molecule has 0 radical (unpaired) electrons. The van der Waals surface area contributed by atoms with Gasteiger partial charge < -0.3 is 0 Å². The van der Waals surface area contributed by atoms with Crippen molar-refractivity contribution in [3.05, 3.63) is 24.3 Å². The lowest BCUT2D eigenvalue weighted by Crippen LogP contribution is -2.06. The van der Waals surface area contributed by atoms with E-state index in [1.165, 1.54) is 12.0 Å². The quantitative estimate of drug-likeness (QED) is 0.551. The van der Waals surface area contributed by atoms with E-state index in [9.17, 15) is 0 Å². The SMILES string of the molecule is C=C(C=CC(C)CC)C(C)(C)C. The predicted molar refractivity (Wildman–Crippen MR) is 57.2 cm³/mol. The second kappa shape index (κ2) is 4.49. The highest BCUT2D eigenvalue weighted by atomic mass is 14.2. The predicted octanol–water partition coefficient (Wildman–Crippen LogP) is 4.19. The van der Waals surface area contributed by atoms with E-state index in [2.05, 4.69) is 53.3 Å². The van der Waals surface area contributed by atoms with Crippen LogP contribution in [0.15, 0.2) is 24.3 Å². The fourth-order valence-electron chi connectivity index (χ4n) is 0.667. The first-order valence-electron chi connectivity index (χ1n) is 4.75. The average Bonchev–Trinajstić information content (AvgIpc) is 1.97. The van der Waals surface area contributed by atoms with E-state index in [0.717, 1.165) is 0 Å². The van der Waals surface area contributed by atoms with Gasteiger partial charge in [0, 0.05) is 0 Å². The summed E-state index contributed by atoms with van der Waals surface area (Å²) in [7, 11) is 0. The summed E-state index contributed by atoms with van der Waals surface area (Å²) >= 11 is 0. The summed E-state index contributed by atoms with van der Waals surface area (Å²) in [6, 6.07) is 0. The number of rotatable bonds is 3. The van der Waals surface area contributed by atoms with Gasteiger partial charge in [0.05, 0.1) is 0 Å². The van der Waals surface area contributed by atoms with Gasteiger partial charge in [-0.1, -0.05) is 65.3 Å². The van der Waals surface area contributed by atoms with Crippen molar-refractivity contribution in [3.63, 3.8) is 0 Å². The summed E-state index contributed by atoms with van der Waals surface area (Å²) < 4.78 is 0. The molecular weight excluding hydrogens is 144 g/mol. The van der Waals surface area contributed by atoms with Gasteiger partial charge in [-0.2, -0.15) is 0 Å². The molecule has 1 unspecified atom stereocenters. The Morgan fingerprint density at radius 1 is 1.42 bits per heavy atom. The average molecular weight is 166 g/mol. The summed E-state index contributed by atoms with van der Waals surface area (Å²) in [5, 5.41) is 0. The molecule has 0 saturated carbocycles. The van der Waals surface area contributed by atoms with E-state index in [1.54, 1.807) is 0 Å². The van der Waals surface area contributed by atoms with Gasteiger partial charge in [-0.15, -0.1) is 0 Å². The number of allylic oxidation sites excluding steroid dienone is 3. The van der Waals surface area contributed by atoms with Crippen molar-refractivity contribution in [2.45, 2.75) is 41.0 Å². The Kier molecular flexibility index (Phi) is 4.30. The molecule has 0 aliphatic carbocycles. The van der Waals surface area contributed by atoms with Gasteiger partial charge in [0.2, 0.25) is 0 Å². The smallest absolute Gasteiger partial charge is 0.0138 e. The molecule has 0 aromatic carbocycles. The lowest BCUT2D eigenvalue weighted by atomic mass is 9.87. The summed E-state index contributed by atoms with van der Waals surface area (Å²) in [6.45, 7) is 15.0. The molecular formula is C12H22. The molecule has 0 spiro atoms. The van der Waals surface area contributed by atoms with E-state index >= 15 is 0 Å². The van der Waals surface area contributed by atoms with E-state index in [-0.39, 0.29) is 5.41 Å². The van der Waals surface area contributed by atoms with Crippen LogP contribution in [0.4, 0.5) is 0 Å². The molecule has 70 valence electrons. The molecule has 12 heavy (non-hydrogen) atoms. The maximum atomic E-state index is 4.05. The van der Waals surface area contributed by atoms with Gasteiger partial charge in [0.25, 0.3) is 0 Å². The van der Waals surface area contributed by atoms with Gasteiger partial charge in [0.1, 0.15) is 0 Å². The lowest BCUT2D eigenvalue weighted by Gasteiger charge is -2.18. The first kappa shape index (κ1) is 11.5. The third kappa shape index (κ3) is 4.38. The Balaban J connectivity index is 4.10. The molecule has 0 heteroatoms. The Morgan fingerprint density at radius 3 is 2.25 bits per heavy atom. The molecule has 0 nitrogen and oxygen atoms in total. The molecule has 0 aliphatic rings. The summed E-state index contributed by atoms with van der Waals surface area (Å²) in [5.41, 5.74) is 1.42. The Labute approximate surface area is 77.4 Å². The van der Waals surface area contributed by atoms with E-state index in [0.29, 0.717) is 5.92 Å². The van der Waals surface area contributed by atoms with Crippen LogP contribution in [-0.4, -0.2) is 0 Å². The fourth-order valence-corrected chi connectivity index (χ4v) is 0.667. The Hall–Kier alpha value is -0.520. The lowest BCUT2D eigenvalue weighted by molar-refractivity contribution is 0.518. The topological polar surface area (TPSA) is 0 Å². The normalized spacial score (nSPS) is 15.1. The minimum atomic E-state index is 0.212. The Morgan fingerprint density at radius 2 is 1.92 bits per heavy atom. The summed E-state index contributed by atoms with van der Waals surface area (Å²) in [4.78, 5) is 0. The maximum absolute atomic E-state index is 4.05. The van der Waals surface area contributed by atoms with Crippen LogP contribution in [0.5, 0.6) is 0 Å². The van der Waals surface area contributed by atoms with Crippen LogP contribution < -0.4 is 0 Å². The number of hydrogen-bond donors (Lipinski definition) is 0. The molecule has 0 aliphatic heterocycles. The van der Waals surface area contributed by atoms with Crippen LogP contribution in [0, 0.1) is 11.3 Å². The molecule has 0 aromatic heterocycles. The van der Waals surface area contributed by atoms with Crippen LogP contribution in [0.1, 0.15) is 41.0 Å². The van der Waals surface area contributed by atoms with Crippen molar-refractivity contribution in [2.75, 3.05) is 0 Å². The van der Waals surface area contributed by atoms with Crippen LogP contribution in [0.3, 0.4) is 0 Å². The maximum Gasteiger partial charge on any atom is -0.0138 e. The van der Waals surface area contributed by atoms with Gasteiger partial charge in [-0.3, -0.25) is 0 Å². The van der Waals surface area contributed by atoms with Crippen LogP contribution in [0.2, 0.25) is 0 Å². The van der Waals surface area contributed by atoms with Crippen LogP contribution >= 0.6 is 0 Å². The summed E-state index contributed by atoms with van der Waals surface area (Å²) in [6.07, 6.45) is 5.61. The first-order chi connectivity index (χ1) is 5.38. The van der Waals surface area contributed by atoms with E-state index < -0.39 is 0 Å². The molecule has 0 N–H and O–H groups in total. The zero-order chi connectivity index (χ0) is 9.78. The van der Waals surface area contributed by atoms with Crippen molar-refractivity contribution in [1.29, 1.82) is 0 Å². The highest BCUT2D eigenvalue weighted by Crippen LogP contribution is 2.24. The Bertz CT molecular complexity index is 167. The van der Waals surface area contributed by atoms with E-state index in [4.69, 9.17) is 0 Å². The third-order valence-electron chi connectivity index (χ3n) is 2.23. The van der Waals surface area contributed by atoms with Crippen molar-refractivity contribution < 1.29 is 0 Å². The minimum Gasteiger partial charge on any atom is -0.0953 e. The monoisotopic (exact) mass is 166 g/mol. The van der Waals surface area contributed by atoms with Crippen molar-refractivity contribution >= 4 is 0 Å². The molecule has 0 heterocycles. The zero-order valence-electron chi connectivity index (χ0n) is 9.15. The molecule has 0 bridgehead atoms. The van der Waals surface area contributed by atoms with E-state index in [1.807, 2.05) is 0 Å². The van der Waals surface area contributed by atoms with Gasteiger partial charge in [0.15, 0.2) is 0 Å². The molecule has 1 atom stereocenters. The third-order valence-corrected chi connectivity index (χ3v) is 2.23. The molecule has 0 fully saturated rings. The first-order valence-corrected chi connectivity index (χ1v) is 4.75. The molecule has 0 rings (SSSR count). The van der Waals surface area contributed by atoms with Gasteiger partial charge in [-0.25, -0.2) is 0 Å². The fraction of sp³-hybridized carbons (Fsp3) is 0.667. The largest absolute Gasteiger partial charge is 0.0953 e. The van der Waals surface area contributed by atoms with Gasteiger partial charge in [-0.05, 0) is 11.3 Å². The number of hydrogen-bond acceptors (Lipinski definition) is 0. The minimum absolute atomic E-state index is 0.212. The van der Waals surface area contributed by atoms with Crippen LogP contribution in [-0.2, 0) is 0 Å². The van der Waals surface area contributed by atoms with Gasteiger partial charge >= 0.3 is 0 Å². The highest BCUT2D eigenvalue weighted by molar-refractivity contribution is 5.21. The second-order valence-electron chi connectivity index (χ2n) is 4.52. The second-order valence-corrected chi connectivity index (χ2v) is 4.52. The summed E-state index contributed by atoms with van der Waals surface area (Å²) in [5.74, 6) is 0.670.